The minimum Gasteiger partial charge on any atom is -0.381 e. The molecule has 1 N–H and O–H groups in total. The molecule has 0 amide bonds. The molecule has 0 saturated heterocycles. The largest absolute Gasteiger partial charge is 0.433 e. The lowest BCUT2D eigenvalue weighted by atomic mass is 9.93. The van der Waals surface area contributed by atoms with E-state index in [-0.39, 0.29) is 23.8 Å². The van der Waals surface area contributed by atoms with Crippen LogP contribution in [0, 0.1) is 0 Å². The van der Waals surface area contributed by atoms with Crippen molar-refractivity contribution in [3.05, 3.63) is 36.3 Å². The monoisotopic (exact) mass is 352 g/mol. The number of halogens is 3. The van der Waals surface area contributed by atoms with Gasteiger partial charge >= 0.3 is 6.18 Å². The van der Waals surface area contributed by atoms with Crippen molar-refractivity contribution in [2.75, 3.05) is 12.4 Å². The summed E-state index contributed by atoms with van der Waals surface area (Å²) in [5.74, 6) is 0.174. The Labute approximate surface area is 143 Å². The predicted octanol–water partition coefficient (Wildman–Crippen LogP) is 3.93. The lowest BCUT2D eigenvalue weighted by Crippen LogP contribution is -2.31. The summed E-state index contributed by atoms with van der Waals surface area (Å²) in [4.78, 5) is 11.8. The lowest BCUT2D eigenvalue weighted by molar-refractivity contribution is -0.141. The summed E-state index contributed by atoms with van der Waals surface area (Å²) in [7, 11) is 1.65. The molecule has 8 heteroatoms. The first kappa shape index (κ1) is 17.6. The van der Waals surface area contributed by atoms with Crippen LogP contribution in [0.4, 0.5) is 19.0 Å². The van der Waals surface area contributed by atoms with Gasteiger partial charge in [0.2, 0.25) is 0 Å². The molecule has 0 bridgehead atoms. The molecular formula is C17H19F3N4O. The molecule has 0 radical (unpaired) electrons. The first-order valence-electron chi connectivity index (χ1n) is 8.11. The van der Waals surface area contributed by atoms with Gasteiger partial charge in [-0.15, -0.1) is 0 Å². The van der Waals surface area contributed by atoms with E-state index in [9.17, 15) is 13.2 Å². The average Bonchev–Trinajstić information content (AvgIpc) is 2.61. The van der Waals surface area contributed by atoms with Crippen LogP contribution in [0.1, 0.15) is 31.4 Å². The fraction of sp³-hybridized carbons (Fsp3) is 0.471. The molecule has 25 heavy (non-hydrogen) atoms. The molecule has 0 aromatic carbocycles. The SMILES string of the molecule is COC1CCCC(Nc2cc(C(F)(F)F)nc(-c3cccnc3)n2)C1. The van der Waals surface area contributed by atoms with Crippen LogP contribution in [-0.4, -0.2) is 34.2 Å². The van der Waals surface area contributed by atoms with Gasteiger partial charge in [0.25, 0.3) is 0 Å². The van der Waals surface area contributed by atoms with Crippen molar-refractivity contribution >= 4 is 5.82 Å². The number of ether oxygens (including phenoxy) is 1. The van der Waals surface area contributed by atoms with Gasteiger partial charge in [-0.25, -0.2) is 9.97 Å². The van der Waals surface area contributed by atoms with Crippen LogP contribution < -0.4 is 5.32 Å². The van der Waals surface area contributed by atoms with Crippen molar-refractivity contribution in [1.82, 2.24) is 15.0 Å². The van der Waals surface area contributed by atoms with E-state index in [0.717, 1.165) is 31.7 Å². The van der Waals surface area contributed by atoms with Crippen LogP contribution in [-0.2, 0) is 10.9 Å². The molecule has 134 valence electrons. The molecular weight excluding hydrogens is 333 g/mol. The zero-order valence-corrected chi connectivity index (χ0v) is 13.8. The number of alkyl halides is 3. The van der Waals surface area contributed by atoms with Gasteiger partial charge in [-0.1, -0.05) is 0 Å². The second-order valence-corrected chi connectivity index (χ2v) is 6.07. The average molecular weight is 352 g/mol. The Bertz CT molecular complexity index is 709. The minimum atomic E-state index is -4.54. The topological polar surface area (TPSA) is 59.9 Å². The number of hydrogen-bond acceptors (Lipinski definition) is 5. The summed E-state index contributed by atoms with van der Waals surface area (Å²) in [5.41, 5.74) is -0.530. The van der Waals surface area contributed by atoms with Gasteiger partial charge in [0, 0.05) is 37.2 Å². The smallest absolute Gasteiger partial charge is 0.381 e. The summed E-state index contributed by atoms with van der Waals surface area (Å²) in [5, 5.41) is 3.12. The quantitative estimate of drug-likeness (QED) is 0.903. The van der Waals surface area contributed by atoms with Crippen LogP contribution in [0.3, 0.4) is 0 Å². The molecule has 2 aromatic heterocycles. The number of pyridine rings is 1. The first-order valence-corrected chi connectivity index (χ1v) is 8.11. The molecule has 2 atom stereocenters. The highest BCUT2D eigenvalue weighted by atomic mass is 19.4. The number of methoxy groups -OCH3 is 1. The molecule has 5 nitrogen and oxygen atoms in total. The third-order valence-corrected chi connectivity index (χ3v) is 4.25. The van der Waals surface area contributed by atoms with E-state index in [0.29, 0.717) is 5.56 Å². The maximum atomic E-state index is 13.2. The molecule has 0 aliphatic heterocycles. The van der Waals surface area contributed by atoms with E-state index in [4.69, 9.17) is 4.74 Å². The number of nitrogens with one attached hydrogen (secondary N) is 1. The summed E-state index contributed by atoms with van der Waals surface area (Å²) in [6, 6.07) is 4.25. The Morgan fingerprint density at radius 3 is 2.76 bits per heavy atom. The number of nitrogens with zero attached hydrogens (tertiary/aromatic N) is 3. The number of rotatable bonds is 4. The van der Waals surface area contributed by atoms with E-state index in [2.05, 4.69) is 20.3 Å². The number of anilines is 1. The minimum absolute atomic E-state index is 0.00419. The third kappa shape index (κ3) is 4.45. The van der Waals surface area contributed by atoms with Crippen LogP contribution in [0.2, 0.25) is 0 Å². The molecule has 1 aliphatic carbocycles. The molecule has 2 aromatic rings. The molecule has 2 unspecified atom stereocenters. The molecule has 1 saturated carbocycles. The Morgan fingerprint density at radius 1 is 1.24 bits per heavy atom. The maximum absolute atomic E-state index is 13.2. The van der Waals surface area contributed by atoms with Gasteiger partial charge in [-0.3, -0.25) is 4.98 Å². The van der Waals surface area contributed by atoms with Crippen LogP contribution in [0.25, 0.3) is 11.4 Å². The first-order chi connectivity index (χ1) is 12.0. The van der Waals surface area contributed by atoms with Gasteiger partial charge in [-0.05, 0) is 37.8 Å². The van der Waals surface area contributed by atoms with Gasteiger partial charge in [0.15, 0.2) is 11.5 Å². The van der Waals surface area contributed by atoms with Crippen molar-refractivity contribution < 1.29 is 17.9 Å². The molecule has 0 spiro atoms. The Morgan fingerprint density at radius 2 is 2.08 bits per heavy atom. The van der Waals surface area contributed by atoms with Gasteiger partial charge in [0.1, 0.15) is 5.82 Å². The highest BCUT2D eigenvalue weighted by Gasteiger charge is 2.34. The Balaban J connectivity index is 1.90. The van der Waals surface area contributed by atoms with Crippen LogP contribution in [0.15, 0.2) is 30.6 Å². The fourth-order valence-electron chi connectivity index (χ4n) is 2.99. The molecule has 1 fully saturated rings. The van der Waals surface area contributed by atoms with Gasteiger partial charge < -0.3 is 10.1 Å². The second-order valence-electron chi connectivity index (χ2n) is 6.07. The van der Waals surface area contributed by atoms with Crippen molar-refractivity contribution in [1.29, 1.82) is 0 Å². The predicted molar refractivity (Wildman–Crippen MR) is 86.9 cm³/mol. The van der Waals surface area contributed by atoms with Crippen LogP contribution >= 0.6 is 0 Å². The van der Waals surface area contributed by atoms with E-state index < -0.39 is 11.9 Å². The summed E-state index contributed by atoms with van der Waals surface area (Å²) in [6.07, 6.45) is 2.10. The molecule has 2 heterocycles. The third-order valence-electron chi connectivity index (χ3n) is 4.25. The highest BCUT2D eigenvalue weighted by molar-refractivity contribution is 5.56. The summed E-state index contributed by atoms with van der Waals surface area (Å²) in [6.45, 7) is 0. The van der Waals surface area contributed by atoms with Crippen molar-refractivity contribution in [2.45, 2.75) is 44.0 Å². The highest BCUT2D eigenvalue weighted by Crippen LogP contribution is 2.31. The van der Waals surface area contributed by atoms with Crippen LogP contribution in [0.5, 0.6) is 0 Å². The lowest BCUT2D eigenvalue weighted by Gasteiger charge is -2.29. The van der Waals surface area contributed by atoms with E-state index in [1.165, 1.54) is 6.20 Å². The van der Waals surface area contributed by atoms with Crippen molar-refractivity contribution in [3.63, 3.8) is 0 Å². The normalized spacial score (nSPS) is 21.1. The second kappa shape index (κ2) is 7.35. The van der Waals surface area contributed by atoms with Gasteiger partial charge in [-0.2, -0.15) is 13.2 Å². The zero-order valence-electron chi connectivity index (χ0n) is 13.8. The van der Waals surface area contributed by atoms with E-state index in [1.807, 2.05) is 0 Å². The summed E-state index contributed by atoms with van der Waals surface area (Å²) < 4.78 is 45.0. The fourth-order valence-corrected chi connectivity index (χ4v) is 2.99. The van der Waals surface area contributed by atoms with Crippen molar-refractivity contribution in [3.8, 4) is 11.4 Å². The molecule has 1 aliphatic rings. The van der Waals surface area contributed by atoms with Gasteiger partial charge in [0.05, 0.1) is 6.10 Å². The summed E-state index contributed by atoms with van der Waals surface area (Å²) >= 11 is 0. The van der Waals surface area contributed by atoms with Crippen molar-refractivity contribution in [2.24, 2.45) is 0 Å². The van der Waals surface area contributed by atoms with E-state index >= 15 is 0 Å². The Hall–Kier alpha value is -2.22. The number of aromatic nitrogens is 3. The Kier molecular flexibility index (Phi) is 5.17. The maximum Gasteiger partial charge on any atom is 0.433 e. The molecule has 3 rings (SSSR count). The van der Waals surface area contributed by atoms with E-state index in [1.54, 1.807) is 25.4 Å². The standard InChI is InChI=1S/C17H19F3N4O/c1-25-13-6-2-5-12(8-13)22-15-9-14(17(18,19)20)23-16(24-15)11-4-3-7-21-10-11/h3-4,7,9-10,12-13H,2,5-6,8H2,1H3,(H,22,23,24). The number of hydrogen-bond donors (Lipinski definition) is 1. The zero-order chi connectivity index (χ0) is 17.9.